The summed E-state index contributed by atoms with van der Waals surface area (Å²) in [6, 6.07) is 4.30. The summed E-state index contributed by atoms with van der Waals surface area (Å²) in [6.07, 6.45) is 2.07. The first-order chi connectivity index (χ1) is 9.39. The van der Waals surface area contributed by atoms with Crippen molar-refractivity contribution >= 4 is 0 Å². The van der Waals surface area contributed by atoms with Crippen LogP contribution in [0, 0.1) is 28.4 Å². The number of hydrogen-bond acceptors (Lipinski definition) is 3. The lowest BCUT2D eigenvalue weighted by atomic mass is 9.89. The van der Waals surface area contributed by atoms with Gasteiger partial charge in [0.15, 0.2) is 17.4 Å². The SMILES string of the molecule is CC(C)(C#N)CCCCOc1c(F)cc(CO)cc1F. The molecule has 0 atom stereocenters. The maximum absolute atomic E-state index is 13.5. The zero-order chi connectivity index (χ0) is 15.2. The molecule has 0 aliphatic heterocycles. The van der Waals surface area contributed by atoms with Crippen LogP contribution in [0.15, 0.2) is 12.1 Å². The Morgan fingerprint density at radius 3 is 2.35 bits per heavy atom. The molecule has 1 aromatic carbocycles. The molecule has 0 saturated heterocycles. The number of hydrogen-bond donors (Lipinski definition) is 1. The van der Waals surface area contributed by atoms with E-state index in [9.17, 15) is 8.78 Å². The number of aliphatic hydroxyl groups is 1. The van der Waals surface area contributed by atoms with Gasteiger partial charge in [-0.25, -0.2) is 8.78 Å². The van der Waals surface area contributed by atoms with Crippen LogP contribution in [-0.2, 0) is 6.61 Å². The molecule has 0 unspecified atom stereocenters. The summed E-state index contributed by atoms with van der Waals surface area (Å²) in [5, 5.41) is 17.7. The quantitative estimate of drug-likeness (QED) is 0.778. The van der Waals surface area contributed by atoms with Crippen molar-refractivity contribution < 1.29 is 18.6 Å². The molecular formula is C15H19F2NO2. The monoisotopic (exact) mass is 283 g/mol. The number of nitrogens with zero attached hydrogens (tertiary/aromatic N) is 1. The van der Waals surface area contributed by atoms with Crippen LogP contribution in [0.4, 0.5) is 8.78 Å². The summed E-state index contributed by atoms with van der Waals surface area (Å²) >= 11 is 0. The van der Waals surface area contributed by atoms with E-state index in [4.69, 9.17) is 15.1 Å². The minimum absolute atomic E-state index is 0.170. The molecule has 0 aliphatic carbocycles. The number of rotatable bonds is 7. The molecule has 20 heavy (non-hydrogen) atoms. The fourth-order valence-corrected chi connectivity index (χ4v) is 1.74. The minimum atomic E-state index is -0.814. The predicted octanol–water partition coefficient (Wildman–Crippen LogP) is 3.56. The van der Waals surface area contributed by atoms with E-state index in [1.807, 2.05) is 13.8 Å². The minimum Gasteiger partial charge on any atom is -0.488 e. The van der Waals surface area contributed by atoms with Gasteiger partial charge in [0.1, 0.15) is 0 Å². The van der Waals surface area contributed by atoms with Crippen molar-refractivity contribution in [1.82, 2.24) is 0 Å². The second-order valence-electron chi connectivity index (χ2n) is 5.35. The first kappa shape index (κ1) is 16.4. The number of unbranched alkanes of at least 4 members (excludes halogenated alkanes) is 1. The first-order valence-corrected chi connectivity index (χ1v) is 6.52. The van der Waals surface area contributed by atoms with E-state index in [1.165, 1.54) is 0 Å². The summed E-state index contributed by atoms with van der Waals surface area (Å²) in [7, 11) is 0. The van der Waals surface area contributed by atoms with E-state index in [1.54, 1.807) is 0 Å². The highest BCUT2D eigenvalue weighted by Crippen LogP contribution is 2.25. The summed E-state index contributed by atoms with van der Waals surface area (Å²) < 4.78 is 32.2. The maximum atomic E-state index is 13.5. The summed E-state index contributed by atoms with van der Waals surface area (Å²) in [5.41, 5.74) is -0.220. The zero-order valence-corrected chi connectivity index (χ0v) is 11.7. The molecule has 110 valence electrons. The normalized spacial score (nSPS) is 11.2. The van der Waals surface area contributed by atoms with Crippen molar-refractivity contribution in [2.75, 3.05) is 6.61 Å². The van der Waals surface area contributed by atoms with E-state index >= 15 is 0 Å². The smallest absolute Gasteiger partial charge is 0.190 e. The van der Waals surface area contributed by atoms with Gasteiger partial charge < -0.3 is 9.84 Å². The third kappa shape index (κ3) is 4.78. The Labute approximate surface area is 117 Å². The lowest BCUT2D eigenvalue weighted by Gasteiger charge is -2.14. The van der Waals surface area contributed by atoms with Gasteiger partial charge in [-0.05, 0) is 50.8 Å². The van der Waals surface area contributed by atoms with Gasteiger partial charge in [-0.1, -0.05) is 0 Å². The predicted molar refractivity (Wildman–Crippen MR) is 71.0 cm³/mol. The van der Waals surface area contributed by atoms with E-state index in [0.717, 1.165) is 18.6 Å². The molecule has 3 nitrogen and oxygen atoms in total. The Morgan fingerprint density at radius 2 is 1.85 bits per heavy atom. The third-order valence-corrected chi connectivity index (χ3v) is 2.99. The number of benzene rings is 1. The molecule has 0 fully saturated rings. The summed E-state index contributed by atoms with van der Waals surface area (Å²) in [5.74, 6) is -2.04. The highest BCUT2D eigenvalue weighted by atomic mass is 19.1. The van der Waals surface area contributed by atoms with Crippen molar-refractivity contribution in [1.29, 1.82) is 5.26 Å². The third-order valence-electron chi connectivity index (χ3n) is 2.99. The molecule has 1 aromatic rings. The van der Waals surface area contributed by atoms with E-state index in [-0.39, 0.29) is 17.6 Å². The number of nitriles is 1. The lowest BCUT2D eigenvalue weighted by Crippen LogP contribution is -2.09. The second kappa shape index (κ2) is 7.20. The van der Waals surface area contributed by atoms with Crippen molar-refractivity contribution in [3.8, 4) is 11.8 Å². The summed E-state index contributed by atoms with van der Waals surface area (Å²) in [4.78, 5) is 0. The molecule has 0 aromatic heterocycles. The van der Waals surface area contributed by atoms with Crippen LogP contribution in [0.3, 0.4) is 0 Å². The molecule has 1 rings (SSSR count). The van der Waals surface area contributed by atoms with E-state index in [2.05, 4.69) is 6.07 Å². The molecule has 5 heteroatoms. The van der Waals surface area contributed by atoms with Gasteiger partial charge >= 0.3 is 0 Å². The van der Waals surface area contributed by atoms with Crippen LogP contribution in [-0.4, -0.2) is 11.7 Å². The van der Waals surface area contributed by atoms with Crippen molar-refractivity contribution in [3.63, 3.8) is 0 Å². The van der Waals surface area contributed by atoms with Crippen molar-refractivity contribution in [3.05, 3.63) is 29.3 Å². The van der Waals surface area contributed by atoms with Gasteiger partial charge in [0.2, 0.25) is 0 Å². The van der Waals surface area contributed by atoms with Gasteiger partial charge in [-0.15, -0.1) is 0 Å². The fourth-order valence-electron chi connectivity index (χ4n) is 1.74. The Kier molecular flexibility index (Phi) is 5.90. The van der Waals surface area contributed by atoms with Gasteiger partial charge in [0, 0.05) is 0 Å². The van der Waals surface area contributed by atoms with Gasteiger partial charge in [0.05, 0.1) is 24.7 Å². The lowest BCUT2D eigenvalue weighted by molar-refractivity contribution is 0.263. The fraction of sp³-hybridized carbons (Fsp3) is 0.533. The molecule has 0 radical (unpaired) electrons. The molecule has 0 amide bonds. The largest absolute Gasteiger partial charge is 0.488 e. The first-order valence-electron chi connectivity index (χ1n) is 6.52. The standard InChI is InChI=1S/C15H19F2NO2/c1-15(2,10-18)5-3-4-6-20-14-12(16)7-11(9-19)8-13(14)17/h7-8,19H,3-6,9H2,1-2H3. The number of ether oxygens (including phenoxy) is 1. The maximum Gasteiger partial charge on any atom is 0.190 e. The average Bonchev–Trinajstić information content (AvgIpc) is 2.40. The van der Waals surface area contributed by atoms with Crippen LogP contribution in [0.25, 0.3) is 0 Å². The summed E-state index contributed by atoms with van der Waals surface area (Å²) in [6.45, 7) is 3.47. The van der Waals surface area contributed by atoms with Gasteiger partial charge in [-0.3, -0.25) is 0 Å². The average molecular weight is 283 g/mol. The molecule has 0 bridgehead atoms. The highest BCUT2D eigenvalue weighted by molar-refractivity contribution is 5.31. The molecule has 1 N–H and O–H groups in total. The van der Waals surface area contributed by atoms with Crippen molar-refractivity contribution in [2.45, 2.75) is 39.7 Å². The molecular weight excluding hydrogens is 264 g/mol. The van der Waals surface area contributed by atoms with Crippen molar-refractivity contribution in [2.24, 2.45) is 5.41 Å². The van der Waals surface area contributed by atoms with E-state index < -0.39 is 24.0 Å². The van der Waals surface area contributed by atoms with Crippen LogP contribution < -0.4 is 4.74 Å². The van der Waals surface area contributed by atoms with E-state index in [0.29, 0.717) is 12.8 Å². The number of halogens is 2. The van der Waals surface area contributed by atoms with Crippen LogP contribution in [0.2, 0.25) is 0 Å². The Morgan fingerprint density at radius 1 is 1.25 bits per heavy atom. The highest BCUT2D eigenvalue weighted by Gasteiger charge is 2.16. The molecule has 0 saturated carbocycles. The van der Waals surface area contributed by atoms with Crippen LogP contribution in [0.1, 0.15) is 38.7 Å². The van der Waals surface area contributed by atoms with Crippen LogP contribution >= 0.6 is 0 Å². The Balaban J connectivity index is 2.45. The Hall–Kier alpha value is -1.67. The van der Waals surface area contributed by atoms with Gasteiger partial charge in [-0.2, -0.15) is 5.26 Å². The molecule has 0 spiro atoms. The molecule has 0 heterocycles. The van der Waals surface area contributed by atoms with Gasteiger partial charge in [0.25, 0.3) is 0 Å². The Bertz CT molecular complexity index is 472. The zero-order valence-electron chi connectivity index (χ0n) is 11.7. The molecule has 0 aliphatic rings. The number of aliphatic hydroxyl groups excluding tert-OH is 1. The topological polar surface area (TPSA) is 53.2 Å². The second-order valence-corrected chi connectivity index (χ2v) is 5.35. The van der Waals surface area contributed by atoms with Crippen LogP contribution in [0.5, 0.6) is 5.75 Å².